The number of aromatic nitrogens is 2. The topological polar surface area (TPSA) is 20.7 Å². The Morgan fingerprint density at radius 3 is 2.78 bits per heavy atom. The van der Waals surface area contributed by atoms with E-state index in [0.29, 0.717) is 10.5 Å². The van der Waals surface area contributed by atoms with E-state index in [4.69, 9.17) is 12.2 Å². The van der Waals surface area contributed by atoms with E-state index in [1.807, 2.05) is 28.8 Å². The van der Waals surface area contributed by atoms with Gasteiger partial charge < -0.3 is 4.98 Å². The maximum Gasteiger partial charge on any atom is 0.182 e. The molecule has 1 heterocycles. The molecule has 5 heteroatoms. The standard InChI is InChI=1S/C13H8BrFN2S/c14-8-4-5-12-11(6-8)16-13(18)17(12)10-3-1-2-9(15)7-10/h1-7H,(H,16,18). The molecule has 1 N–H and O–H groups in total. The van der Waals surface area contributed by atoms with Crippen molar-refractivity contribution < 1.29 is 4.39 Å². The summed E-state index contributed by atoms with van der Waals surface area (Å²) in [7, 11) is 0. The number of halogens is 2. The summed E-state index contributed by atoms with van der Waals surface area (Å²) < 4.78 is 16.6. The molecule has 18 heavy (non-hydrogen) atoms. The molecular formula is C13H8BrFN2S. The van der Waals surface area contributed by atoms with E-state index in [1.165, 1.54) is 12.1 Å². The van der Waals surface area contributed by atoms with Gasteiger partial charge in [-0.2, -0.15) is 0 Å². The lowest BCUT2D eigenvalue weighted by Crippen LogP contribution is -1.94. The maximum atomic E-state index is 13.3. The van der Waals surface area contributed by atoms with Gasteiger partial charge >= 0.3 is 0 Å². The van der Waals surface area contributed by atoms with E-state index in [0.717, 1.165) is 15.5 Å². The second-order valence-corrected chi connectivity index (χ2v) is 5.21. The minimum Gasteiger partial charge on any atom is -0.330 e. The number of hydrogen-bond donors (Lipinski definition) is 1. The van der Waals surface area contributed by atoms with Gasteiger partial charge in [0.05, 0.1) is 16.7 Å². The average Bonchev–Trinajstić information content (AvgIpc) is 2.64. The van der Waals surface area contributed by atoms with Crippen LogP contribution in [0.2, 0.25) is 0 Å². The number of H-pyrrole nitrogens is 1. The van der Waals surface area contributed by atoms with Crippen LogP contribution in [0.3, 0.4) is 0 Å². The summed E-state index contributed by atoms with van der Waals surface area (Å²) in [6.45, 7) is 0. The number of fused-ring (bicyclic) bond motifs is 1. The van der Waals surface area contributed by atoms with Gasteiger partial charge in [-0.15, -0.1) is 0 Å². The van der Waals surface area contributed by atoms with Crippen molar-refractivity contribution in [1.82, 2.24) is 9.55 Å². The third kappa shape index (κ3) is 1.89. The molecule has 3 aromatic rings. The summed E-state index contributed by atoms with van der Waals surface area (Å²) >= 11 is 8.70. The molecule has 2 aromatic carbocycles. The fourth-order valence-electron chi connectivity index (χ4n) is 1.96. The van der Waals surface area contributed by atoms with Crippen molar-refractivity contribution in [1.29, 1.82) is 0 Å². The van der Waals surface area contributed by atoms with Gasteiger partial charge in [0.1, 0.15) is 5.82 Å². The Hall–Kier alpha value is -1.46. The van der Waals surface area contributed by atoms with Crippen LogP contribution in [-0.4, -0.2) is 9.55 Å². The van der Waals surface area contributed by atoms with Crippen LogP contribution in [0.4, 0.5) is 4.39 Å². The smallest absolute Gasteiger partial charge is 0.182 e. The van der Waals surface area contributed by atoms with Gasteiger partial charge in [0.25, 0.3) is 0 Å². The summed E-state index contributed by atoms with van der Waals surface area (Å²) in [4.78, 5) is 3.11. The van der Waals surface area contributed by atoms with Crippen molar-refractivity contribution in [2.45, 2.75) is 0 Å². The Labute approximate surface area is 116 Å². The quantitative estimate of drug-likeness (QED) is 0.650. The van der Waals surface area contributed by atoms with Crippen LogP contribution in [0.1, 0.15) is 0 Å². The third-order valence-corrected chi connectivity index (χ3v) is 3.49. The summed E-state index contributed by atoms with van der Waals surface area (Å²) in [5.41, 5.74) is 2.56. The molecule has 2 nitrogen and oxygen atoms in total. The molecule has 0 aliphatic rings. The van der Waals surface area contributed by atoms with Crippen molar-refractivity contribution in [3.05, 3.63) is 57.5 Å². The largest absolute Gasteiger partial charge is 0.330 e. The van der Waals surface area contributed by atoms with Crippen LogP contribution < -0.4 is 0 Å². The van der Waals surface area contributed by atoms with E-state index < -0.39 is 0 Å². The number of aromatic amines is 1. The maximum absolute atomic E-state index is 13.3. The zero-order chi connectivity index (χ0) is 12.7. The zero-order valence-corrected chi connectivity index (χ0v) is 11.6. The van der Waals surface area contributed by atoms with Gasteiger partial charge in [0.2, 0.25) is 0 Å². The van der Waals surface area contributed by atoms with Crippen LogP contribution in [0.15, 0.2) is 46.9 Å². The fraction of sp³-hybridized carbons (Fsp3) is 0. The predicted molar refractivity (Wildman–Crippen MR) is 76.1 cm³/mol. The molecule has 0 saturated heterocycles. The molecule has 90 valence electrons. The Kier molecular flexibility index (Phi) is 2.80. The van der Waals surface area contributed by atoms with Crippen LogP contribution >= 0.6 is 28.1 Å². The Bertz CT molecular complexity index is 791. The van der Waals surface area contributed by atoms with E-state index in [1.54, 1.807) is 6.07 Å². The highest BCUT2D eigenvalue weighted by molar-refractivity contribution is 9.10. The van der Waals surface area contributed by atoms with E-state index in [2.05, 4.69) is 20.9 Å². The van der Waals surface area contributed by atoms with Crippen molar-refractivity contribution in [2.75, 3.05) is 0 Å². The second-order valence-electron chi connectivity index (χ2n) is 3.91. The molecule has 0 saturated carbocycles. The number of nitrogens with one attached hydrogen (secondary N) is 1. The molecule has 3 rings (SSSR count). The number of imidazole rings is 1. The summed E-state index contributed by atoms with van der Waals surface area (Å²) in [6, 6.07) is 12.2. The van der Waals surface area contributed by atoms with Crippen molar-refractivity contribution >= 4 is 39.2 Å². The molecule has 0 amide bonds. The normalized spacial score (nSPS) is 11.0. The highest BCUT2D eigenvalue weighted by Gasteiger charge is 2.07. The highest BCUT2D eigenvalue weighted by atomic mass is 79.9. The molecule has 0 unspecified atom stereocenters. The minimum absolute atomic E-state index is 0.277. The first-order valence-electron chi connectivity index (χ1n) is 5.31. The second kappa shape index (κ2) is 4.33. The number of benzene rings is 2. The number of hydrogen-bond acceptors (Lipinski definition) is 1. The monoisotopic (exact) mass is 322 g/mol. The first-order chi connectivity index (χ1) is 8.65. The molecular weight excluding hydrogens is 315 g/mol. The van der Waals surface area contributed by atoms with E-state index >= 15 is 0 Å². The lowest BCUT2D eigenvalue weighted by Gasteiger charge is -2.04. The average molecular weight is 323 g/mol. The van der Waals surface area contributed by atoms with Crippen molar-refractivity contribution in [3.63, 3.8) is 0 Å². The first kappa shape index (κ1) is 11.6. The zero-order valence-electron chi connectivity index (χ0n) is 9.15. The van der Waals surface area contributed by atoms with Gasteiger partial charge in [0.15, 0.2) is 4.77 Å². The summed E-state index contributed by atoms with van der Waals surface area (Å²) in [5, 5.41) is 0. The molecule has 0 spiro atoms. The Balaban J connectivity index is 2.35. The molecule has 0 aliphatic carbocycles. The Morgan fingerprint density at radius 1 is 1.17 bits per heavy atom. The van der Waals surface area contributed by atoms with Crippen molar-refractivity contribution in [2.24, 2.45) is 0 Å². The number of rotatable bonds is 1. The van der Waals surface area contributed by atoms with Crippen LogP contribution in [0.25, 0.3) is 16.7 Å². The van der Waals surface area contributed by atoms with Crippen LogP contribution in [0.5, 0.6) is 0 Å². The first-order valence-corrected chi connectivity index (χ1v) is 6.51. The summed E-state index contributed by atoms with van der Waals surface area (Å²) in [6.07, 6.45) is 0. The van der Waals surface area contributed by atoms with Gasteiger partial charge in [0, 0.05) is 4.47 Å². The van der Waals surface area contributed by atoms with E-state index in [-0.39, 0.29) is 5.82 Å². The Morgan fingerprint density at radius 2 is 2.00 bits per heavy atom. The van der Waals surface area contributed by atoms with E-state index in [9.17, 15) is 4.39 Å². The van der Waals surface area contributed by atoms with Gasteiger partial charge in [-0.3, -0.25) is 4.57 Å². The lowest BCUT2D eigenvalue weighted by atomic mass is 10.3. The summed E-state index contributed by atoms with van der Waals surface area (Å²) in [5.74, 6) is -0.277. The third-order valence-electron chi connectivity index (χ3n) is 2.71. The van der Waals surface area contributed by atoms with Crippen LogP contribution in [0, 0.1) is 10.6 Å². The van der Waals surface area contributed by atoms with Gasteiger partial charge in [-0.1, -0.05) is 22.0 Å². The molecule has 0 atom stereocenters. The molecule has 0 bridgehead atoms. The minimum atomic E-state index is -0.277. The molecule has 0 radical (unpaired) electrons. The number of nitrogens with zero attached hydrogens (tertiary/aromatic N) is 1. The van der Waals surface area contributed by atoms with Crippen LogP contribution in [-0.2, 0) is 0 Å². The molecule has 1 aromatic heterocycles. The molecule has 0 aliphatic heterocycles. The lowest BCUT2D eigenvalue weighted by molar-refractivity contribution is 0.626. The van der Waals surface area contributed by atoms with Gasteiger partial charge in [-0.25, -0.2) is 4.39 Å². The molecule has 0 fully saturated rings. The fourth-order valence-corrected chi connectivity index (χ4v) is 2.63. The highest BCUT2D eigenvalue weighted by Crippen LogP contribution is 2.23. The van der Waals surface area contributed by atoms with Crippen molar-refractivity contribution in [3.8, 4) is 5.69 Å². The van der Waals surface area contributed by atoms with Gasteiger partial charge in [-0.05, 0) is 48.6 Å². The predicted octanol–water partition coefficient (Wildman–Crippen LogP) is 4.59. The SMILES string of the molecule is Fc1cccc(-n2c(=S)[nH]c3cc(Br)ccc32)c1.